The summed E-state index contributed by atoms with van der Waals surface area (Å²) in [6.45, 7) is 8.38. The second kappa shape index (κ2) is 8.38. The highest BCUT2D eigenvalue weighted by molar-refractivity contribution is 5.54. The van der Waals surface area contributed by atoms with Crippen molar-refractivity contribution in [3.05, 3.63) is 29.6 Å². The maximum atomic E-state index is 13.6. The van der Waals surface area contributed by atoms with Crippen molar-refractivity contribution in [2.75, 3.05) is 24.5 Å². The molecule has 1 aromatic rings. The second-order valence-corrected chi connectivity index (χ2v) is 6.14. The van der Waals surface area contributed by atoms with Crippen molar-refractivity contribution in [1.82, 2.24) is 5.32 Å². The lowest BCUT2D eigenvalue weighted by molar-refractivity contribution is 0.459. The van der Waals surface area contributed by atoms with Crippen LogP contribution in [0.3, 0.4) is 0 Å². The van der Waals surface area contributed by atoms with Crippen LogP contribution in [-0.2, 0) is 6.54 Å². The van der Waals surface area contributed by atoms with Crippen molar-refractivity contribution < 1.29 is 4.39 Å². The predicted octanol–water partition coefficient (Wildman–Crippen LogP) is 4.34. The summed E-state index contributed by atoms with van der Waals surface area (Å²) in [7, 11) is 0. The Morgan fingerprint density at radius 2 is 2.10 bits per heavy atom. The summed E-state index contributed by atoms with van der Waals surface area (Å²) in [4.78, 5) is 2.46. The molecule has 0 aromatic heterocycles. The number of nitrogens with zero attached hydrogens (tertiary/aromatic N) is 1. The zero-order valence-corrected chi connectivity index (χ0v) is 13.5. The molecular formula is C18H29FN2. The van der Waals surface area contributed by atoms with Gasteiger partial charge in [0.2, 0.25) is 0 Å². The van der Waals surface area contributed by atoms with E-state index in [1.807, 2.05) is 6.07 Å². The molecule has 0 amide bonds. The largest absolute Gasteiger partial charge is 0.371 e. The molecule has 1 fully saturated rings. The van der Waals surface area contributed by atoms with Gasteiger partial charge < -0.3 is 10.2 Å². The van der Waals surface area contributed by atoms with Gasteiger partial charge in [0.25, 0.3) is 0 Å². The van der Waals surface area contributed by atoms with E-state index in [0.717, 1.165) is 44.1 Å². The van der Waals surface area contributed by atoms with E-state index in [0.29, 0.717) is 0 Å². The smallest absolute Gasteiger partial charge is 0.123 e. The Morgan fingerprint density at radius 1 is 1.24 bits per heavy atom. The third-order valence-electron chi connectivity index (χ3n) is 4.55. The van der Waals surface area contributed by atoms with Gasteiger partial charge in [-0.1, -0.05) is 20.3 Å². The average molecular weight is 292 g/mol. The molecule has 0 saturated carbocycles. The van der Waals surface area contributed by atoms with Gasteiger partial charge in [-0.3, -0.25) is 0 Å². The Morgan fingerprint density at radius 3 is 2.86 bits per heavy atom. The summed E-state index contributed by atoms with van der Waals surface area (Å²) in [6, 6.07) is 5.26. The standard InChI is InChI=1S/C18H29FN2/c1-3-10-20-14-16-13-17(19)7-8-18(16)21-11-5-6-15(4-2)9-12-21/h7-8,13,15,20H,3-6,9-12,14H2,1-2H3. The highest BCUT2D eigenvalue weighted by atomic mass is 19.1. The maximum absolute atomic E-state index is 13.6. The molecule has 2 nitrogen and oxygen atoms in total. The quantitative estimate of drug-likeness (QED) is 0.785. The minimum absolute atomic E-state index is 0.131. The van der Waals surface area contributed by atoms with Gasteiger partial charge in [0, 0.05) is 25.3 Å². The van der Waals surface area contributed by atoms with Crippen LogP contribution >= 0.6 is 0 Å². The average Bonchev–Trinajstić information content (AvgIpc) is 2.73. The SMILES string of the molecule is CCCNCc1cc(F)ccc1N1CCCC(CC)CC1. The van der Waals surface area contributed by atoms with E-state index in [9.17, 15) is 4.39 Å². The molecule has 1 saturated heterocycles. The van der Waals surface area contributed by atoms with Crippen LogP contribution in [0, 0.1) is 11.7 Å². The van der Waals surface area contributed by atoms with Crippen molar-refractivity contribution in [2.24, 2.45) is 5.92 Å². The number of hydrogen-bond acceptors (Lipinski definition) is 2. The monoisotopic (exact) mass is 292 g/mol. The second-order valence-electron chi connectivity index (χ2n) is 6.14. The molecular weight excluding hydrogens is 263 g/mol. The zero-order chi connectivity index (χ0) is 15.1. The van der Waals surface area contributed by atoms with Gasteiger partial charge in [0.1, 0.15) is 5.82 Å². The molecule has 0 bridgehead atoms. The van der Waals surface area contributed by atoms with Gasteiger partial charge in [0.15, 0.2) is 0 Å². The molecule has 0 radical (unpaired) electrons. The summed E-state index contributed by atoms with van der Waals surface area (Å²) in [5, 5.41) is 3.40. The maximum Gasteiger partial charge on any atom is 0.123 e. The molecule has 21 heavy (non-hydrogen) atoms. The van der Waals surface area contributed by atoms with Crippen molar-refractivity contribution in [2.45, 2.75) is 52.5 Å². The van der Waals surface area contributed by atoms with Crippen LogP contribution < -0.4 is 10.2 Å². The van der Waals surface area contributed by atoms with E-state index >= 15 is 0 Å². The van der Waals surface area contributed by atoms with E-state index in [4.69, 9.17) is 0 Å². The van der Waals surface area contributed by atoms with Crippen LogP contribution in [0.1, 0.15) is 51.5 Å². The van der Waals surface area contributed by atoms with E-state index in [1.165, 1.54) is 31.4 Å². The lowest BCUT2D eigenvalue weighted by atomic mass is 9.98. The third-order valence-corrected chi connectivity index (χ3v) is 4.55. The Labute approximate surface area is 128 Å². The van der Waals surface area contributed by atoms with Gasteiger partial charge in [-0.15, -0.1) is 0 Å². The highest BCUT2D eigenvalue weighted by Crippen LogP contribution is 2.27. The van der Waals surface area contributed by atoms with E-state index in [-0.39, 0.29) is 5.82 Å². The van der Waals surface area contributed by atoms with E-state index in [1.54, 1.807) is 12.1 Å². The van der Waals surface area contributed by atoms with E-state index in [2.05, 4.69) is 24.1 Å². The number of hydrogen-bond donors (Lipinski definition) is 1. The summed E-state index contributed by atoms with van der Waals surface area (Å²) in [5.74, 6) is 0.727. The third kappa shape index (κ3) is 4.70. The van der Waals surface area contributed by atoms with E-state index < -0.39 is 0 Å². The summed E-state index contributed by atoms with van der Waals surface area (Å²) in [5.41, 5.74) is 2.31. The molecule has 0 aliphatic carbocycles. The lowest BCUT2D eigenvalue weighted by Gasteiger charge is -2.26. The van der Waals surface area contributed by atoms with Gasteiger partial charge in [0.05, 0.1) is 0 Å². The van der Waals surface area contributed by atoms with Crippen LogP contribution in [0.4, 0.5) is 10.1 Å². The molecule has 1 aliphatic rings. The fraction of sp³-hybridized carbons (Fsp3) is 0.667. The van der Waals surface area contributed by atoms with Crippen LogP contribution in [0.25, 0.3) is 0 Å². The zero-order valence-electron chi connectivity index (χ0n) is 13.5. The molecule has 3 heteroatoms. The van der Waals surface area contributed by atoms with Crippen LogP contribution in [-0.4, -0.2) is 19.6 Å². The fourth-order valence-corrected chi connectivity index (χ4v) is 3.22. The highest BCUT2D eigenvalue weighted by Gasteiger charge is 2.18. The first kappa shape index (κ1) is 16.3. The van der Waals surface area contributed by atoms with Crippen LogP contribution in [0.2, 0.25) is 0 Å². The minimum atomic E-state index is -0.131. The van der Waals surface area contributed by atoms with Crippen molar-refractivity contribution in [3.8, 4) is 0 Å². The number of rotatable bonds is 6. The van der Waals surface area contributed by atoms with Crippen molar-refractivity contribution in [3.63, 3.8) is 0 Å². The van der Waals surface area contributed by atoms with Gasteiger partial charge in [-0.25, -0.2) is 4.39 Å². The molecule has 1 N–H and O–H groups in total. The first-order chi connectivity index (χ1) is 10.2. The number of anilines is 1. The molecule has 1 aliphatic heterocycles. The molecule has 1 atom stereocenters. The predicted molar refractivity (Wildman–Crippen MR) is 88.2 cm³/mol. The first-order valence-electron chi connectivity index (χ1n) is 8.48. The molecule has 1 aromatic carbocycles. The van der Waals surface area contributed by atoms with Gasteiger partial charge in [-0.05, 0) is 61.9 Å². The molecule has 2 rings (SSSR count). The number of nitrogens with one attached hydrogen (secondary N) is 1. The number of benzene rings is 1. The Bertz CT molecular complexity index is 433. The van der Waals surface area contributed by atoms with Gasteiger partial charge in [-0.2, -0.15) is 0 Å². The summed E-state index contributed by atoms with van der Waals surface area (Å²) < 4.78 is 13.6. The summed E-state index contributed by atoms with van der Waals surface area (Å²) in [6.07, 6.45) is 6.22. The molecule has 0 spiro atoms. The fourth-order valence-electron chi connectivity index (χ4n) is 3.22. The lowest BCUT2D eigenvalue weighted by Crippen LogP contribution is -2.26. The van der Waals surface area contributed by atoms with Gasteiger partial charge >= 0.3 is 0 Å². The van der Waals surface area contributed by atoms with Crippen LogP contribution in [0.5, 0.6) is 0 Å². The first-order valence-corrected chi connectivity index (χ1v) is 8.48. The molecule has 1 heterocycles. The Kier molecular flexibility index (Phi) is 6.50. The van der Waals surface area contributed by atoms with Crippen LogP contribution in [0.15, 0.2) is 18.2 Å². The topological polar surface area (TPSA) is 15.3 Å². The number of halogens is 1. The minimum Gasteiger partial charge on any atom is -0.371 e. The molecule has 118 valence electrons. The normalized spacial score (nSPS) is 19.6. The Hall–Kier alpha value is -1.09. The van der Waals surface area contributed by atoms with Crippen molar-refractivity contribution >= 4 is 5.69 Å². The Balaban J connectivity index is 2.10. The molecule has 1 unspecified atom stereocenters. The summed E-state index contributed by atoms with van der Waals surface area (Å²) >= 11 is 0. The van der Waals surface area contributed by atoms with Crippen molar-refractivity contribution in [1.29, 1.82) is 0 Å².